The van der Waals surface area contributed by atoms with E-state index in [1.54, 1.807) is 7.11 Å². The number of alkyl halides is 2. The van der Waals surface area contributed by atoms with Crippen LogP contribution in [0.2, 0.25) is 0 Å². The molecule has 6 heteroatoms. The van der Waals surface area contributed by atoms with Gasteiger partial charge in [-0.3, -0.25) is 0 Å². The molecule has 4 nitrogen and oxygen atoms in total. The van der Waals surface area contributed by atoms with Gasteiger partial charge < -0.3 is 19.4 Å². The molecule has 23 heavy (non-hydrogen) atoms. The number of halogens is 2. The van der Waals surface area contributed by atoms with Crippen LogP contribution in [0.4, 0.5) is 8.78 Å². The lowest BCUT2D eigenvalue weighted by atomic mass is 10.1. The zero-order chi connectivity index (χ0) is 16.2. The predicted molar refractivity (Wildman–Crippen MR) is 85.1 cm³/mol. The number of nitrogens with one attached hydrogen (secondary N) is 1. The molecule has 126 valence electrons. The van der Waals surface area contributed by atoms with Crippen molar-refractivity contribution in [3.63, 3.8) is 0 Å². The van der Waals surface area contributed by atoms with E-state index in [1.807, 2.05) is 24.4 Å². The van der Waals surface area contributed by atoms with Gasteiger partial charge in [0.2, 0.25) is 0 Å². The van der Waals surface area contributed by atoms with Gasteiger partial charge in [-0.25, -0.2) is 0 Å². The second-order valence-electron chi connectivity index (χ2n) is 5.91. The molecule has 0 saturated carbocycles. The van der Waals surface area contributed by atoms with E-state index in [9.17, 15) is 8.78 Å². The third-order valence-electron chi connectivity index (χ3n) is 4.50. The molecule has 2 heterocycles. The fraction of sp³-hybridized carbons (Fsp3) is 0.529. The molecule has 1 N–H and O–H groups in total. The Hall–Kier alpha value is -1.66. The number of ether oxygens (including phenoxy) is 2. The molecule has 1 aromatic heterocycles. The molecule has 1 aliphatic rings. The molecule has 0 radical (unpaired) electrons. The average Bonchev–Trinajstić information content (AvgIpc) is 2.96. The maximum atomic E-state index is 12.2. The van der Waals surface area contributed by atoms with E-state index in [0.29, 0.717) is 12.8 Å². The number of likely N-dealkylation sites (tertiary alicyclic amines) is 1. The number of rotatable bonds is 6. The minimum Gasteiger partial charge on any atom is -0.497 e. The lowest BCUT2D eigenvalue weighted by Gasteiger charge is -2.31. The highest BCUT2D eigenvalue weighted by Gasteiger charge is 2.22. The van der Waals surface area contributed by atoms with Crippen molar-refractivity contribution in [2.75, 3.05) is 26.7 Å². The van der Waals surface area contributed by atoms with Gasteiger partial charge in [-0.2, -0.15) is 8.78 Å². The van der Waals surface area contributed by atoms with Crippen molar-refractivity contribution >= 4 is 10.9 Å². The van der Waals surface area contributed by atoms with Gasteiger partial charge in [0, 0.05) is 36.7 Å². The van der Waals surface area contributed by atoms with Crippen LogP contribution in [0.25, 0.3) is 10.9 Å². The molecule has 0 aliphatic carbocycles. The number of aromatic nitrogens is 1. The second-order valence-corrected chi connectivity index (χ2v) is 5.91. The smallest absolute Gasteiger partial charge is 0.345 e. The van der Waals surface area contributed by atoms with E-state index in [2.05, 4.69) is 14.6 Å². The molecule has 0 spiro atoms. The van der Waals surface area contributed by atoms with E-state index in [0.717, 1.165) is 37.3 Å². The summed E-state index contributed by atoms with van der Waals surface area (Å²) in [6, 6.07) is 6.01. The van der Waals surface area contributed by atoms with Crippen LogP contribution >= 0.6 is 0 Å². The summed E-state index contributed by atoms with van der Waals surface area (Å²) in [6.45, 7) is -0.120. The van der Waals surface area contributed by atoms with Crippen molar-refractivity contribution < 1.29 is 18.3 Å². The summed E-state index contributed by atoms with van der Waals surface area (Å²) in [5.41, 5.74) is 2.36. The largest absolute Gasteiger partial charge is 0.497 e. The number of piperidine rings is 1. The minimum absolute atomic E-state index is 0.302. The standard InChI is InChI=1S/C17H22F2N2O2/c1-22-14-2-3-16-15(10-14)12(11-20-16)4-7-21-8-5-13(6-9-21)23-17(18)19/h2-3,10-11,13,17,20H,4-9H2,1H3. The molecule has 0 unspecified atom stereocenters. The van der Waals surface area contributed by atoms with Gasteiger partial charge in [0.15, 0.2) is 0 Å². The Morgan fingerprint density at radius 3 is 2.78 bits per heavy atom. The lowest BCUT2D eigenvalue weighted by Crippen LogP contribution is -2.38. The van der Waals surface area contributed by atoms with Crippen LogP contribution in [0, 0.1) is 0 Å². The Balaban J connectivity index is 1.55. The van der Waals surface area contributed by atoms with Crippen LogP contribution in [0.3, 0.4) is 0 Å². The number of nitrogens with zero attached hydrogens (tertiary/aromatic N) is 1. The molecule has 3 rings (SSSR count). The first kappa shape index (κ1) is 16.2. The van der Waals surface area contributed by atoms with Crippen molar-refractivity contribution in [3.05, 3.63) is 30.0 Å². The van der Waals surface area contributed by atoms with Crippen LogP contribution in [0.1, 0.15) is 18.4 Å². The van der Waals surface area contributed by atoms with Crippen molar-refractivity contribution in [2.45, 2.75) is 32.0 Å². The van der Waals surface area contributed by atoms with E-state index in [1.165, 1.54) is 10.9 Å². The number of methoxy groups -OCH3 is 1. The number of hydrogen-bond donors (Lipinski definition) is 1. The molecule has 1 aliphatic heterocycles. The van der Waals surface area contributed by atoms with Gasteiger partial charge in [0.05, 0.1) is 13.2 Å². The summed E-state index contributed by atoms with van der Waals surface area (Å²) in [7, 11) is 1.67. The topological polar surface area (TPSA) is 37.5 Å². The maximum Gasteiger partial charge on any atom is 0.345 e. The molecule has 1 saturated heterocycles. The lowest BCUT2D eigenvalue weighted by molar-refractivity contribution is -0.172. The SMILES string of the molecule is COc1ccc2[nH]cc(CCN3CCC(OC(F)F)CC3)c2c1. The zero-order valence-corrected chi connectivity index (χ0v) is 13.2. The highest BCUT2D eigenvalue weighted by Crippen LogP contribution is 2.24. The van der Waals surface area contributed by atoms with Gasteiger partial charge in [-0.05, 0) is 43.0 Å². The van der Waals surface area contributed by atoms with Crippen LogP contribution in [-0.2, 0) is 11.2 Å². The van der Waals surface area contributed by atoms with Gasteiger partial charge in [-0.15, -0.1) is 0 Å². The quantitative estimate of drug-likeness (QED) is 0.885. The highest BCUT2D eigenvalue weighted by atomic mass is 19.3. The predicted octanol–water partition coefficient (Wildman–Crippen LogP) is 3.42. The number of H-pyrrole nitrogens is 1. The molecule has 0 amide bonds. The summed E-state index contributed by atoms with van der Waals surface area (Å²) in [6.07, 6.45) is 4.01. The molecule has 1 fully saturated rings. The van der Waals surface area contributed by atoms with Crippen molar-refractivity contribution in [1.82, 2.24) is 9.88 Å². The molecule has 1 aromatic carbocycles. The van der Waals surface area contributed by atoms with Gasteiger partial charge in [-0.1, -0.05) is 0 Å². The number of aromatic amines is 1. The normalized spacial score (nSPS) is 17.2. The fourth-order valence-corrected chi connectivity index (χ4v) is 3.18. The molecule has 2 aromatic rings. The maximum absolute atomic E-state index is 12.2. The van der Waals surface area contributed by atoms with Crippen LogP contribution < -0.4 is 4.74 Å². The molecular weight excluding hydrogens is 302 g/mol. The molecule has 0 atom stereocenters. The van der Waals surface area contributed by atoms with Crippen molar-refractivity contribution in [3.8, 4) is 5.75 Å². The van der Waals surface area contributed by atoms with Gasteiger partial charge in [0.1, 0.15) is 5.75 Å². The van der Waals surface area contributed by atoms with E-state index in [-0.39, 0.29) is 6.10 Å². The summed E-state index contributed by atoms with van der Waals surface area (Å²) in [5, 5.41) is 1.18. The minimum atomic E-state index is -2.66. The van der Waals surface area contributed by atoms with E-state index < -0.39 is 6.61 Å². The first-order valence-corrected chi connectivity index (χ1v) is 7.95. The molecular formula is C17H22F2N2O2. The number of benzene rings is 1. The zero-order valence-electron chi connectivity index (χ0n) is 13.2. The Morgan fingerprint density at radius 2 is 2.09 bits per heavy atom. The number of hydrogen-bond acceptors (Lipinski definition) is 3. The van der Waals surface area contributed by atoms with Gasteiger partial charge in [0.25, 0.3) is 0 Å². The van der Waals surface area contributed by atoms with Crippen LogP contribution in [0.15, 0.2) is 24.4 Å². The summed E-state index contributed by atoms with van der Waals surface area (Å²) in [4.78, 5) is 5.59. The van der Waals surface area contributed by atoms with E-state index >= 15 is 0 Å². The second kappa shape index (κ2) is 7.27. The summed E-state index contributed by atoms with van der Waals surface area (Å²) < 4.78 is 34.3. The first-order valence-electron chi connectivity index (χ1n) is 7.95. The number of fused-ring (bicyclic) bond motifs is 1. The average molecular weight is 324 g/mol. The fourth-order valence-electron chi connectivity index (χ4n) is 3.18. The Bertz CT molecular complexity index is 637. The van der Waals surface area contributed by atoms with Crippen LogP contribution in [0.5, 0.6) is 5.75 Å². The first-order chi connectivity index (χ1) is 11.2. The summed E-state index contributed by atoms with van der Waals surface area (Å²) in [5.74, 6) is 0.850. The monoisotopic (exact) mass is 324 g/mol. The third-order valence-corrected chi connectivity index (χ3v) is 4.50. The third kappa shape index (κ3) is 4.00. The molecule has 0 bridgehead atoms. The Morgan fingerprint density at radius 1 is 1.30 bits per heavy atom. The Kier molecular flexibility index (Phi) is 5.13. The highest BCUT2D eigenvalue weighted by molar-refractivity contribution is 5.84. The van der Waals surface area contributed by atoms with Crippen molar-refractivity contribution in [1.29, 1.82) is 0 Å². The van der Waals surface area contributed by atoms with Gasteiger partial charge >= 0.3 is 6.61 Å². The van der Waals surface area contributed by atoms with E-state index in [4.69, 9.17) is 4.74 Å². The van der Waals surface area contributed by atoms with Crippen molar-refractivity contribution in [2.24, 2.45) is 0 Å². The van der Waals surface area contributed by atoms with Crippen LogP contribution in [-0.4, -0.2) is 49.3 Å². The summed E-state index contributed by atoms with van der Waals surface area (Å²) >= 11 is 0. The Labute approximate surface area is 134 Å².